The van der Waals surface area contributed by atoms with Crippen LogP contribution in [-0.4, -0.2) is 39.4 Å². The minimum absolute atomic E-state index is 0.0146. The van der Waals surface area contributed by atoms with E-state index in [4.69, 9.17) is 17.3 Å². The first kappa shape index (κ1) is 41.0. The second-order valence-corrected chi connectivity index (χ2v) is 8.19. The molecule has 236 valence electrons. The average Bonchev–Trinajstić information content (AvgIpc) is 2.98. The molecule has 0 amide bonds. The Morgan fingerprint density at radius 1 is 1.10 bits per heavy atom. The molecule has 2 aromatic rings. The number of allylic oxidation sites excluding steroid dienone is 1. The van der Waals surface area contributed by atoms with Gasteiger partial charge in [0.1, 0.15) is 17.6 Å². The van der Waals surface area contributed by atoms with Crippen LogP contribution in [0.15, 0.2) is 53.0 Å². The topological polar surface area (TPSA) is 62.8 Å². The molecule has 42 heavy (non-hydrogen) atoms. The number of alkyl halides is 5. The molecule has 0 saturated heterocycles. The van der Waals surface area contributed by atoms with Gasteiger partial charge in [-0.05, 0) is 48.9 Å². The molecule has 1 atom stereocenters. The second kappa shape index (κ2) is 20.7. The van der Waals surface area contributed by atoms with Crippen LogP contribution in [0.3, 0.4) is 0 Å². The SMILES string of the molecule is C=Cc1ccc(/C(F)=C/C(c2cc(C)c(F)c(Cl)c2)C(F)(F)F)cc1C(F)(F)NC.CC.CC.CN=CCCN=CN. The van der Waals surface area contributed by atoms with Gasteiger partial charge in [-0.3, -0.25) is 10.3 Å². The molecule has 0 aliphatic rings. The van der Waals surface area contributed by atoms with Crippen LogP contribution in [-0.2, 0) is 6.05 Å². The Balaban J connectivity index is 0. The van der Waals surface area contributed by atoms with Crippen molar-refractivity contribution in [2.24, 2.45) is 15.7 Å². The van der Waals surface area contributed by atoms with E-state index in [1.165, 1.54) is 13.3 Å². The minimum Gasteiger partial charge on any atom is -0.390 e. The number of hydrogen-bond acceptors (Lipinski definition) is 3. The molecule has 2 rings (SSSR count). The van der Waals surface area contributed by atoms with Crippen LogP contribution in [0.4, 0.5) is 30.7 Å². The Kier molecular flexibility index (Phi) is 20.1. The Hall–Kier alpha value is -3.18. The molecule has 0 saturated carbocycles. The van der Waals surface area contributed by atoms with Gasteiger partial charge in [-0.15, -0.1) is 0 Å². The molecule has 4 nitrogen and oxygen atoms in total. The highest BCUT2D eigenvalue weighted by atomic mass is 35.5. The number of nitrogens with one attached hydrogen (secondary N) is 1. The highest BCUT2D eigenvalue weighted by Gasteiger charge is 2.40. The number of hydrogen-bond donors (Lipinski definition) is 2. The van der Waals surface area contributed by atoms with E-state index < -0.39 is 51.5 Å². The van der Waals surface area contributed by atoms with Crippen molar-refractivity contribution < 1.29 is 30.7 Å². The summed E-state index contributed by atoms with van der Waals surface area (Å²) in [4.78, 5) is 7.54. The summed E-state index contributed by atoms with van der Waals surface area (Å²) in [5.41, 5.74) is 3.20. The van der Waals surface area contributed by atoms with E-state index >= 15 is 0 Å². The van der Waals surface area contributed by atoms with E-state index in [0.29, 0.717) is 0 Å². The highest BCUT2D eigenvalue weighted by Crippen LogP contribution is 2.40. The molecule has 0 heterocycles. The van der Waals surface area contributed by atoms with Crippen LogP contribution in [0.25, 0.3) is 11.9 Å². The summed E-state index contributed by atoms with van der Waals surface area (Å²) in [5, 5.41) is 1.21. The van der Waals surface area contributed by atoms with E-state index in [1.54, 1.807) is 12.4 Å². The Morgan fingerprint density at radius 2 is 1.69 bits per heavy atom. The van der Waals surface area contributed by atoms with Gasteiger partial charge in [0.25, 0.3) is 0 Å². The number of aryl methyl sites for hydroxylation is 1. The highest BCUT2D eigenvalue weighted by molar-refractivity contribution is 6.30. The first-order valence-corrected chi connectivity index (χ1v) is 13.5. The van der Waals surface area contributed by atoms with Crippen molar-refractivity contribution in [2.45, 2.75) is 59.2 Å². The quantitative estimate of drug-likeness (QED) is 0.0960. The zero-order valence-electron chi connectivity index (χ0n) is 24.9. The summed E-state index contributed by atoms with van der Waals surface area (Å²) in [7, 11) is 2.72. The van der Waals surface area contributed by atoms with Crippen LogP contribution in [0.2, 0.25) is 5.02 Å². The first-order chi connectivity index (χ1) is 19.7. The van der Waals surface area contributed by atoms with Crippen molar-refractivity contribution in [3.05, 3.63) is 81.6 Å². The summed E-state index contributed by atoms with van der Waals surface area (Å²) in [6.45, 7) is 13.4. The van der Waals surface area contributed by atoms with Crippen molar-refractivity contribution in [1.29, 1.82) is 0 Å². The summed E-state index contributed by atoms with van der Waals surface area (Å²) in [5.74, 6) is -4.73. The van der Waals surface area contributed by atoms with Crippen LogP contribution in [0.5, 0.6) is 0 Å². The summed E-state index contributed by atoms with van der Waals surface area (Å²) >= 11 is 5.63. The summed E-state index contributed by atoms with van der Waals surface area (Å²) in [6.07, 6.45) is 0.422. The van der Waals surface area contributed by atoms with Crippen molar-refractivity contribution in [3.63, 3.8) is 0 Å². The summed E-state index contributed by atoms with van der Waals surface area (Å²) < 4.78 is 97.4. The van der Waals surface area contributed by atoms with Gasteiger partial charge in [0.05, 0.1) is 11.4 Å². The van der Waals surface area contributed by atoms with Crippen molar-refractivity contribution in [3.8, 4) is 0 Å². The van der Waals surface area contributed by atoms with Crippen LogP contribution in [0.1, 0.15) is 67.9 Å². The molecule has 0 aliphatic carbocycles. The number of nitrogens with zero attached hydrogens (tertiary/aromatic N) is 2. The average molecular weight is 625 g/mol. The second-order valence-electron chi connectivity index (χ2n) is 7.78. The first-order valence-electron chi connectivity index (χ1n) is 13.1. The number of aliphatic imine (C=N–C) groups is 2. The van der Waals surface area contributed by atoms with Gasteiger partial charge in [-0.2, -0.15) is 22.0 Å². The maximum absolute atomic E-state index is 14.8. The predicted octanol–water partition coefficient (Wildman–Crippen LogP) is 9.47. The summed E-state index contributed by atoms with van der Waals surface area (Å²) in [6, 6.07) is 1.03. The molecule has 3 N–H and O–H groups in total. The fraction of sp³-hybridized carbons (Fsp3) is 0.400. The third-order valence-electron chi connectivity index (χ3n) is 5.13. The maximum atomic E-state index is 14.8. The molecule has 0 aromatic heterocycles. The van der Waals surface area contributed by atoms with Gasteiger partial charge in [0, 0.05) is 37.4 Å². The Morgan fingerprint density at radius 3 is 2.14 bits per heavy atom. The fourth-order valence-corrected chi connectivity index (χ4v) is 3.46. The molecule has 0 spiro atoms. The van der Waals surface area contributed by atoms with Gasteiger partial charge in [0.2, 0.25) is 0 Å². The largest absolute Gasteiger partial charge is 0.399 e. The monoisotopic (exact) mass is 624 g/mol. The third-order valence-corrected chi connectivity index (χ3v) is 5.41. The number of halogens is 8. The van der Waals surface area contributed by atoms with Gasteiger partial charge >= 0.3 is 12.2 Å². The Labute approximate surface area is 249 Å². The number of rotatable bonds is 9. The minimum atomic E-state index is -4.94. The number of benzene rings is 2. The molecule has 0 bridgehead atoms. The van der Waals surface area contributed by atoms with Gasteiger partial charge in [-0.25, -0.2) is 8.78 Å². The lowest BCUT2D eigenvalue weighted by atomic mass is 9.94. The molecule has 0 fully saturated rings. The standard InChI is InChI=1S/C21H17ClF7N.C5H11N3.2C2H6/c1-4-12-5-6-13(8-16(12)21(28,29)30-3)18(23)10-15(20(25,26)27)14-7-11(2)19(24)17(22)9-14;1-7-3-2-4-8-5-6;2*1-2/h4-10,15,30H,1H2,2-3H3;3,5H,2,4H2,1H3,(H2,6,8);2*1-2H3/b18-10-;;;. The molecular weight excluding hydrogens is 585 g/mol. The van der Waals surface area contributed by atoms with Gasteiger partial charge in [-0.1, -0.05) is 70.1 Å². The lowest BCUT2D eigenvalue weighted by Crippen LogP contribution is -2.31. The van der Waals surface area contributed by atoms with E-state index in [0.717, 1.165) is 56.4 Å². The molecular formula is C30H40ClF7N4. The number of nitrogens with two attached hydrogens (primary N) is 1. The molecule has 1 unspecified atom stereocenters. The van der Waals surface area contributed by atoms with Crippen LogP contribution in [0, 0.1) is 12.7 Å². The van der Waals surface area contributed by atoms with Crippen LogP contribution < -0.4 is 11.1 Å². The van der Waals surface area contributed by atoms with E-state index in [9.17, 15) is 30.7 Å². The normalized spacial score (nSPS) is 12.5. The van der Waals surface area contributed by atoms with Crippen LogP contribution >= 0.6 is 11.6 Å². The van der Waals surface area contributed by atoms with E-state index in [-0.39, 0.29) is 17.2 Å². The zero-order chi connectivity index (χ0) is 33.1. The zero-order valence-corrected chi connectivity index (χ0v) is 25.6. The third kappa shape index (κ3) is 13.2. The van der Waals surface area contributed by atoms with Gasteiger partial charge < -0.3 is 10.7 Å². The molecule has 12 heteroatoms. The van der Waals surface area contributed by atoms with Crippen molar-refractivity contribution in [2.75, 3.05) is 20.6 Å². The predicted molar refractivity (Wildman–Crippen MR) is 163 cm³/mol. The Bertz CT molecular complexity index is 1140. The molecule has 2 aromatic carbocycles. The van der Waals surface area contributed by atoms with Crippen molar-refractivity contribution in [1.82, 2.24) is 5.32 Å². The van der Waals surface area contributed by atoms with E-state index in [2.05, 4.69) is 16.6 Å². The van der Waals surface area contributed by atoms with E-state index in [1.807, 2.05) is 33.9 Å². The lowest BCUT2D eigenvalue weighted by Gasteiger charge is -2.20. The lowest BCUT2D eigenvalue weighted by molar-refractivity contribution is -0.139. The van der Waals surface area contributed by atoms with Gasteiger partial charge in [0.15, 0.2) is 0 Å². The smallest absolute Gasteiger partial charge is 0.390 e. The molecule has 0 radical (unpaired) electrons. The molecule has 0 aliphatic heterocycles. The maximum Gasteiger partial charge on any atom is 0.399 e. The fourth-order valence-electron chi connectivity index (χ4n) is 3.18. The van der Waals surface area contributed by atoms with Crippen molar-refractivity contribution >= 4 is 36.1 Å².